The Labute approximate surface area is 187 Å². The van der Waals surface area contributed by atoms with E-state index >= 15 is 0 Å². The summed E-state index contributed by atoms with van der Waals surface area (Å²) in [6.45, 7) is 13.6. The summed E-state index contributed by atoms with van der Waals surface area (Å²) in [5.41, 5.74) is 0.966. The largest absolute Gasteiger partial charge is 0 e. The first kappa shape index (κ1) is 34.1. The first-order valence-electron chi connectivity index (χ1n) is 7.23. The average molecular weight is 528 g/mol. The third kappa shape index (κ3) is 15.3. The zero-order valence-corrected chi connectivity index (χ0v) is 17.3. The SMILES string of the molecule is F[P-](F)(F)(F)(F)F.O=C(O)c1cc2c(cc1[C@H]1[CH]C=CC=C1)OCO2.[C-]#[O+].[C-]#[O+].[C-]#[O+].[Fe]. The molecule has 1 aromatic carbocycles. The molecule has 32 heavy (non-hydrogen) atoms. The van der Waals surface area contributed by atoms with Crippen LogP contribution in [-0.4, -0.2) is 17.9 Å². The van der Waals surface area contributed by atoms with Crippen LogP contribution in [0, 0.1) is 26.4 Å². The van der Waals surface area contributed by atoms with Crippen LogP contribution in [0.2, 0.25) is 0 Å². The normalized spacial score (nSPS) is 16.6. The van der Waals surface area contributed by atoms with E-state index in [9.17, 15) is 35.1 Å². The van der Waals surface area contributed by atoms with E-state index in [1.54, 1.807) is 6.07 Å². The smallest absolute Gasteiger partial charge is 0 e. The molecule has 1 aliphatic heterocycles. The molecular weight excluding hydrogens is 517 g/mol. The molecule has 0 unspecified atom stereocenters. The minimum Gasteiger partial charge on any atom is 0 e. The van der Waals surface area contributed by atoms with Gasteiger partial charge in [-0.25, -0.2) is 4.79 Å². The van der Waals surface area contributed by atoms with Gasteiger partial charge in [0.2, 0.25) is 6.79 Å². The second kappa shape index (κ2) is 13.2. The Hall–Kier alpha value is -2.48. The fraction of sp³-hybridized carbons (Fsp3) is 0.118. The summed E-state index contributed by atoms with van der Waals surface area (Å²) < 4.78 is 92.2. The molecule has 0 bridgehead atoms. The number of aromatic carboxylic acids is 1. The summed E-state index contributed by atoms with van der Waals surface area (Å²) in [7, 11) is -10.7. The molecule has 1 radical (unpaired) electrons. The zero-order valence-electron chi connectivity index (χ0n) is 15.3. The van der Waals surface area contributed by atoms with Crippen molar-refractivity contribution < 1.29 is 75.6 Å². The number of carboxylic acid groups (broad SMARTS) is 1. The zero-order chi connectivity index (χ0) is 24.9. The van der Waals surface area contributed by atoms with Crippen LogP contribution in [0.4, 0.5) is 25.2 Å². The van der Waals surface area contributed by atoms with E-state index < -0.39 is 13.8 Å². The maximum absolute atomic E-state index is 11.3. The molecule has 0 aromatic heterocycles. The molecule has 1 atom stereocenters. The molecule has 2 aliphatic rings. The van der Waals surface area contributed by atoms with Crippen LogP contribution in [0.5, 0.6) is 11.5 Å². The Morgan fingerprint density at radius 3 is 1.72 bits per heavy atom. The van der Waals surface area contributed by atoms with Gasteiger partial charge in [0.15, 0.2) is 11.5 Å². The molecule has 177 valence electrons. The van der Waals surface area contributed by atoms with E-state index in [0.717, 1.165) is 0 Å². The Kier molecular flexibility index (Phi) is 14.0. The summed E-state index contributed by atoms with van der Waals surface area (Å²) in [6, 6.07) is 3.27. The molecule has 7 nitrogen and oxygen atoms in total. The van der Waals surface area contributed by atoms with Gasteiger partial charge in [0.25, 0.3) is 0 Å². The van der Waals surface area contributed by atoms with Crippen molar-refractivity contribution >= 4 is 13.8 Å². The minimum atomic E-state index is -10.7. The van der Waals surface area contributed by atoms with Crippen molar-refractivity contribution in [2.75, 3.05) is 6.79 Å². The van der Waals surface area contributed by atoms with E-state index in [0.29, 0.717) is 17.1 Å². The molecule has 0 spiro atoms. The van der Waals surface area contributed by atoms with Crippen LogP contribution in [-0.2, 0) is 31.0 Å². The Bertz CT molecular complexity index is 867. The summed E-state index contributed by atoms with van der Waals surface area (Å²) in [6.07, 6.45) is 9.61. The summed E-state index contributed by atoms with van der Waals surface area (Å²) in [4.78, 5) is 11.3. The average Bonchev–Trinajstić information content (AvgIpc) is 3.17. The minimum absolute atomic E-state index is 0. The van der Waals surface area contributed by atoms with Crippen molar-refractivity contribution in [3.8, 4) is 11.5 Å². The van der Waals surface area contributed by atoms with Gasteiger partial charge in [-0.1, -0.05) is 24.3 Å². The molecular formula is C17H11F6FeO7P-. The number of allylic oxidation sites excluding steroid dienone is 4. The molecule has 15 heteroatoms. The molecule has 0 saturated carbocycles. The molecule has 0 amide bonds. The number of ether oxygens (including phenoxy) is 2. The van der Waals surface area contributed by atoms with Crippen LogP contribution < -0.4 is 9.47 Å². The Morgan fingerprint density at radius 2 is 1.34 bits per heavy atom. The van der Waals surface area contributed by atoms with Crippen molar-refractivity contribution in [1.82, 2.24) is 0 Å². The van der Waals surface area contributed by atoms with Crippen LogP contribution >= 0.6 is 7.81 Å². The second-order valence-electron chi connectivity index (χ2n) is 5.04. The van der Waals surface area contributed by atoms with E-state index in [-0.39, 0.29) is 35.3 Å². The van der Waals surface area contributed by atoms with Crippen molar-refractivity contribution in [3.05, 3.63) is 73.9 Å². The van der Waals surface area contributed by atoms with Crippen molar-refractivity contribution in [2.45, 2.75) is 5.92 Å². The monoisotopic (exact) mass is 528 g/mol. The van der Waals surface area contributed by atoms with Crippen molar-refractivity contribution in [1.29, 1.82) is 0 Å². The maximum Gasteiger partial charge on any atom is 0 e. The van der Waals surface area contributed by atoms with E-state index in [1.807, 2.05) is 30.7 Å². The van der Waals surface area contributed by atoms with Gasteiger partial charge >= 0.3 is 72.9 Å². The fourth-order valence-corrected chi connectivity index (χ4v) is 2.12. The Morgan fingerprint density at radius 1 is 0.906 bits per heavy atom. The third-order valence-corrected chi connectivity index (χ3v) is 2.99. The number of hydrogen-bond donors (Lipinski definition) is 1. The van der Waals surface area contributed by atoms with E-state index in [4.69, 9.17) is 23.4 Å². The maximum atomic E-state index is 11.3. The van der Waals surface area contributed by atoms with Crippen LogP contribution in [0.3, 0.4) is 0 Å². The summed E-state index contributed by atoms with van der Waals surface area (Å²) >= 11 is 0. The molecule has 1 aromatic rings. The van der Waals surface area contributed by atoms with Gasteiger partial charge in [-0.3, -0.25) is 0 Å². The van der Waals surface area contributed by atoms with Gasteiger partial charge in [-0.05, 0) is 24.1 Å². The van der Waals surface area contributed by atoms with Crippen LogP contribution in [0.1, 0.15) is 21.8 Å². The standard InChI is InChI=1S/C14H11O4.3CO.F6P.Fe/c15-14(16)11-7-13-12(17-8-18-13)6-10(11)9-4-2-1-3-5-9;3*1-2;1-7(2,3,4,5)6;/h1-7,9H,8H2,(H,15,16);;;;;/q;;;;-1;. The van der Waals surface area contributed by atoms with Crippen molar-refractivity contribution in [3.63, 3.8) is 0 Å². The molecule has 1 heterocycles. The third-order valence-electron chi connectivity index (χ3n) is 2.99. The van der Waals surface area contributed by atoms with Gasteiger partial charge in [-0.2, -0.15) is 0 Å². The number of fused-ring (bicyclic) bond motifs is 1. The van der Waals surface area contributed by atoms with Crippen LogP contribution in [0.25, 0.3) is 0 Å². The Balaban J connectivity index is -0.000000513. The summed E-state index contributed by atoms with van der Waals surface area (Å²) in [5, 5.41) is 9.28. The summed E-state index contributed by atoms with van der Waals surface area (Å²) in [5.74, 6) is 0.0908. The topological polar surface area (TPSA) is 115 Å². The second-order valence-corrected chi connectivity index (χ2v) is 6.96. The molecule has 1 aliphatic carbocycles. The molecule has 0 saturated heterocycles. The van der Waals surface area contributed by atoms with Gasteiger partial charge in [0.05, 0.1) is 5.56 Å². The van der Waals surface area contributed by atoms with Gasteiger partial charge in [-0.15, -0.1) is 0 Å². The molecule has 1 N–H and O–H groups in total. The first-order valence-corrected chi connectivity index (χ1v) is 9.26. The first-order chi connectivity index (χ1) is 14.2. The van der Waals surface area contributed by atoms with Gasteiger partial charge < -0.3 is 14.6 Å². The van der Waals surface area contributed by atoms with E-state index in [2.05, 4.69) is 20.0 Å². The number of hydrogen-bond acceptors (Lipinski definition) is 3. The van der Waals surface area contributed by atoms with E-state index in [1.165, 1.54) is 6.07 Å². The molecule has 0 fully saturated rings. The molecule has 3 rings (SSSR count). The predicted octanol–water partition coefficient (Wildman–Crippen LogP) is 5.79. The van der Waals surface area contributed by atoms with Gasteiger partial charge in [0.1, 0.15) is 0 Å². The predicted molar refractivity (Wildman–Crippen MR) is 90.2 cm³/mol. The fourth-order valence-electron chi connectivity index (χ4n) is 2.12. The number of carboxylic acids is 1. The van der Waals surface area contributed by atoms with Gasteiger partial charge in [0, 0.05) is 23.0 Å². The van der Waals surface area contributed by atoms with Crippen LogP contribution in [0.15, 0.2) is 36.4 Å². The number of halogens is 6. The number of rotatable bonds is 2. The quantitative estimate of drug-likeness (QED) is 0.172. The van der Waals surface area contributed by atoms with Crippen molar-refractivity contribution in [2.24, 2.45) is 0 Å². The number of benzene rings is 1. The number of carbonyl (C=O) groups is 1.